The van der Waals surface area contributed by atoms with Crippen molar-refractivity contribution in [1.82, 2.24) is 0 Å². The molecule has 0 saturated carbocycles. The molecule has 0 spiro atoms. The molecule has 0 radical (unpaired) electrons. The quantitative estimate of drug-likeness (QED) is 0.273. The normalized spacial score (nSPS) is 31.1. The van der Waals surface area contributed by atoms with Crippen LogP contribution >= 0.6 is 22.6 Å². The Kier molecular flexibility index (Phi) is 6.31. The van der Waals surface area contributed by atoms with Crippen molar-refractivity contribution < 1.29 is 47.7 Å². The molecule has 0 unspecified atom stereocenters. The Morgan fingerprint density at radius 1 is 1.25 bits per heavy atom. The minimum Gasteiger partial charge on any atom is -0.549 e. The molecule has 1 aromatic carbocycles. The summed E-state index contributed by atoms with van der Waals surface area (Å²) in [4.78, 5) is 11.4. The van der Waals surface area contributed by atoms with Crippen LogP contribution in [0.15, 0.2) is 18.2 Å². The van der Waals surface area contributed by atoms with Gasteiger partial charge >= 0.3 is 18.9 Å². The molecule has 148 valence electrons. The molecule has 4 rings (SSSR count). The molecule has 0 amide bonds. The first kappa shape index (κ1) is 22.5. The van der Waals surface area contributed by atoms with Gasteiger partial charge < -0.3 is 28.8 Å². The van der Waals surface area contributed by atoms with E-state index in [1.54, 1.807) is 13.8 Å². The van der Waals surface area contributed by atoms with E-state index < -0.39 is 11.4 Å². The number of carbonyl (C=O) groups excluding carboxylic acids is 1. The number of carboxylic acids is 1. The van der Waals surface area contributed by atoms with Crippen molar-refractivity contribution in [2.24, 2.45) is 0 Å². The van der Waals surface area contributed by atoms with Crippen molar-refractivity contribution in [1.29, 1.82) is 0 Å². The molecule has 0 aromatic heterocycles. The first-order valence-electron chi connectivity index (χ1n) is 9.17. The molecular formula is C20H24ILiO6. The number of rotatable bonds is 6. The van der Waals surface area contributed by atoms with E-state index in [1.165, 1.54) is 0 Å². The summed E-state index contributed by atoms with van der Waals surface area (Å²) < 4.78 is 24.4. The third-order valence-corrected chi connectivity index (χ3v) is 6.71. The van der Waals surface area contributed by atoms with Gasteiger partial charge in [-0.15, -0.1) is 0 Å². The molecule has 6 nitrogen and oxygen atoms in total. The Morgan fingerprint density at radius 2 is 1.96 bits per heavy atom. The van der Waals surface area contributed by atoms with Gasteiger partial charge in [-0.3, -0.25) is 0 Å². The number of ether oxygens (including phenoxy) is 4. The number of epoxide rings is 1. The molecule has 3 aliphatic heterocycles. The number of fused-ring (bicyclic) bond motifs is 4. The summed E-state index contributed by atoms with van der Waals surface area (Å²) in [6.45, 7) is 8.60. The van der Waals surface area contributed by atoms with Crippen molar-refractivity contribution in [3.05, 3.63) is 32.9 Å². The zero-order chi connectivity index (χ0) is 19.6. The second-order valence-corrected chi connectivity index (χ2v) is 9.87. The van der Waals surface area contributed by atoms with Gasteiger partial charge in [-0.2, -0.15) is 0 Å². The van der Waals surface area contributed by atoms with Gasteiger partial charge in [0.05, 0.1) is 19.2 Å². The van der Waals surface area contributed by atoms with Crippen LogP contribution in [0.3, 0.4) is 0 Å². The van der Waals surface area contributed by atoms with Gasteiger partial charge in [0.25, 0.3) is 0 Å². The summed E-state index contributed by atoms with van der Waals surface area (Å²) in [6, 6.07) is 5.77. The number of halogens is 1. The zero-order valence-corrected chi connectivity index (χ0v) is 19.0. The fourth-order valence-corrected chi connectivity index (χ4v) is 5.01. The van der Waals surface area contributed by atoms with Crippen LogP contribution in [0.5, 0.6) is 0 Å². The average Bonchev–Trinajstić information content (AvgIpc) is 3.28. The number of carbonyl (C=O) groups is 1. The second kappa shape index (κ2) is 7.84. The van der Waals surface area contributed by atoms with E-state index in [1.807, 2.05) is 18.2 Å². The largest absolute Gasteiger partial charge is 1.00 e. The number of hydrogen-bond acceptors (Lipinski definition) is 6. The van der Waals surface area contributed by atoms with E-state index in [4.69, 9.17) is 18.9 Å². The van der Waals surface area contributed by atoms with Crippen LogP contribution in [0.25, 0.3) is 0 Å². The number of carboxylic acid groups (broad SMARTS) is 1. The van der Waals surface area contributed by atoms with Gasteiger partial charge in [0, 0.05) is 14.4 Å². The minimum absolute atomic E-state index is 0. The summed E-state index contributed by atoms with van der Waals surface area (Å²) in [5.74, 6) is -1.08. The first-order valence-corrected chi connectivity index (χ1v) is 10.3. The number of benzene rings is 1. The molecule has 3 aliphatic rings. The minimum atomic E-state index is -1.08. The van der Waals surface area contributed by atoms with Crippen LogP contribution in [0.4, 0.5) is 0 Å². The van der Waals surface area contributed by atoms with Crippen molar-refractivity contribution in [3.8, 4) is 0 Å². The summed E-state index contributed by atoms with van der Waals surface area (Å²) in [5.41, 5.74) is 0.539. The second-order valence-electron chi connectivity index (χ2n) is 8.71. The molecule has 28 heavy (non-hydrogen) atoms. The molecule has 3 heterocycles. The van der Waals surface area contributed by atoms with Gasteiger partial charge in [0.15, 0.2) is 6.29 Å². The fourth-order valence-electron chi connectivity index (χ4n) is 3.77. The Labute approximate surface area is 190 Å². The van der Waals surface area contributed by atoms with Crippen LogP contribution in [0.1, 0.15) is 38.8 Å². The Balaban J connectivity index is 0.00000225. The van der Waals surface area contributed by atoms with Crippen molar-refractivity contribution in [2.75, 3.05) is 13.2 Å². The van der Waals surface area contributed by atoms with Gasteiger partial charge in [-0.25, -0.2) is 0 Å². The van der Waals surface area contributed by atoms with Crippen molar-refractivity contribution in [3.63, 3.8) is 0 Å². The molecule has 3 saturated heterocycles. The molecule has 1 aromatic rings. The Hall–Kier alpha value is -0.143. The van der Waals surface area contributed by atoms with Gasteiger partial charge in [-0.1, -0.05) is 39.8 Å². The van der Waals surface area contributed by atoms with Gasteiger partial charge in [0.2, 0.25) is 0 Å². The average molecular weight is 494 g/mol. The smallest absolute Gasteiger partial charge is 0.549 e. The summed E-state index contributed by atoms with van der Waals surface area (Å²) in [7, 11) is 0. The molecule has 0 N–H and O–H groups in total. The SMILES string of the molecule is CC(C)(CO[C@H]1[C@@H]2OC[C@@H](O2)[C@@H]2O[C@@H]21)c1ccc(C(C)(C)C(=O)[O-])cc1I.[Li+]. The summed E-state index contributed by atoms with van der Waals surface area (Å²) in [5, 5.41) is 11.4. The molecular weight excluding hydrogens is 470 g/mol. The van der Waals surface area contributed by atoms with E-state index in [0.717, 1.165) is 14.7 Å². The number of hydrogen-bond donors (Lipinski definition) is 0. The van der Waals surface area contributed by atoms with E-state index in [2.05, 4.69) is 36.4 Å². The van der Waals surface area contributed by atoms with Gasteiger partial charge in [0.1, 0.15) is 24.4 Å². The standard InChI is InChI=1S/C20H25IO6.Li/c1-19(2,9-25-16-15-14(27-15)13-8-24-17(16)26-13)11-6-5-10(7-12(11)21)20(3,4)18(22)23;/h5-7,13-17H,8-9H2,1-4H3,(H,22,23);/q;+1/p-1/t13-,14+,15+,16-,17-;/m1./s1. The van der Waals surface area contributed by atoms with Crippen LogP contribution in [0, 0.1) is 3.57 Å². The van der Waals surface area contributed by atoms with E-state index in [0.29, 0.717) is 13.2 Å². The molecule has 3 fully saturated rings. The summed E-state index contributed by atoms with van der Waals surface area (Å²) >= 11 is 2.26. The molecule has 2 bridgehead atoms. The predicted octanol–water partition coefficient (Wildman–Crippen LogP) is -1.49. The maximum atomic E-state index is 11.4. The van der Waals surface area contributed by atoms with Crippen LogP contribution in [0.2, 0.25) is 0 Å². The van der Waals surface area contributed by atoms with Crippen LogP contribution in [-0.4, -0.2) is 49.9 Å². The van der Waals surface area contributed by atoms with Gasteiger partial charge in [-0.05, 0) is 39.8 Å². The van der Waals surface area contributed by atoms with E-state index >= 15 is 0 Å². The van der Waals surface area contributed by atoms with Crippen LogP contribution in [-0.2, 0) is 34.6 Å². The Bertz CT molecular complexity index is 767. The summed E-state index contributed by atoms with van der Waals surface area (Å²) in [6.07, 6.45) is -0.337. The third kappa shape index (κ3) is 3.92. The monoisotopic (exact) mass is 494 g/mol. The van der Waals surface area contributed by atoms with Crippen molar-refractivity contribution >= 4 is 28.6 Å². The van der Waals surface area contributed by atoms with Crippen molar-refractivity contribution in [2.45, 2.75) is 69.2 Å². The Morgan fingerprint density at radius 3 is 2.61 bits per heavy atom. The maximum Gasteiger partial charge on any atom is 1.00 e. The van der Waals surface area contributed by atoms with E-state index in [9.17, 15) is 9.90 Å². The fraction of sp³-hybridized carbons (Fsp3) is 0.650. The molecule has 5 atom stereocenters. The third-order valence-electron chi connectivity index (χ3n) is 5.82. The number of aliphatic carboxylic acids is 1. The zero-order valence-electron chi connectivity index (χ0n) is 16.9. The topological polar surface area (TPSA) is 80.3 Å². The predicted molar refractivity (Wildman–Crippen MR) is 103 cm³/mol. The first-order chi connectivity index (χ1) is 12.6. The van der Waals surface area contributed by atoms with E-state index in [-0.39, 0.29) is 55.0 Å². The molecule has 0 aliphatic carbocycles. The van der Waals surface area contributed by atoms with Crippen LogP contribution < -0.4 is 24.0 Å². The molecule has 8 heteroatoms. The maximum absolute atomic E-state index is 11.4.